The van der Waals surface area contributed by atoms with Crippen molar-refractivity contribution in [1.29, 1.82) is 0 Å². The lowest BCUT2D eigenvalue weighted by Crippen LogP contribution is -2.29. The van der Waals surface area contributed by atoms with Crippen molar-refractivity contribution in [2.75, 3.05) is 6.61 Å². The van der Waals surface area contributed by atoms with Crippen LogP contribution in [-0.2, 0) is 11.3 Å². The zero-order valence-electron chi connectivity index (χ0n) is 11.1. The molecule has 2 N–H and O–H groups in total. The minimum absolute atomic E-state index is 0.0307. The molecule has 1 aromatic heterocycles. The second kappa shape index (κ2) is 7.40. The molecule has 0 saturated heterocycles. The molecule has 2 aromatic rings. The molecule has 0 spiro atoms. The van der Waals surface area contributed by atoms with Gasteiger partial charge in [0.05, 0.1) is 12.6 Å². The predicted octanol–water partition coefficient (Wildman–Crippen LogP) is 0.908. The maximum absolute atomic E-state index is 11.9. The summed E-state index contributed by atoms with van der Waals surface area (Å²) in [5, 5.41) is 16.0. The fraction of sp³-hybridized carbons (Fsp3) is 0.357. The Morgan fingerprint density at radius 3 is 2.80 bits per heavy atom. The molecule has 6 nitrogen and oxygen atoms in total. The van der Waals surface area contributed by atoms with Gasteiger partial charge in [0.2, 0.25) is 5.91 Å². The Kier molecular flexibility index (Phi) is 5.25. The van der Waals surface area contributed by atoms with Crippen molar-refractivity contribution in [1.82, 2.24) is 20.1 Å². The first-order valence-electron chi connectivity index (χ1n) is 6.57. The highest BCUT2D eigenvalue weighted by atomic mass is 16.3. The molecule has 0 aliphatic carbocycles. The lowest BCUT2D eigenvalue weighted by Gasteiger charge is -2.18. The van der Waals surface area contributed by atoms with Crippen LogP contribution in [0.25, 0.3) is 0 Å². The first kappa shape index (κ1) is 14.2. The minimum atomic E-state index is -0.163. The van der Waals surface area contributed by atoms with Crippen molar-refractivity contribution >= 4 is 5.91 Å². The number of hydrogen-bond donors (Lipinski definition) is 2. The van der Waals surface area contributed by atoms with E-state index in [-0.39, 0.29) is 18.6 Å². The van der Waals surface area contributed by atoms with Gasteiger partial charge in [-0.15, -0.1) is 0 Å². The van der Waals surface area contributed by atoms with Crippen LogP contribution in [0.15, 0.2) is 43.0 Å². The quantitative estimate of drug-likeness (QED) is 0.786. The number of carbonyl (C=O) groups is 1. The number of aliphatic hydroxyl groups excluding tert-OH is 1. The summed E-state index contributed by atoms with van der Waals surface area (Å²) in [6, 6.07) is 9.48. The number of rotatable bonds is 7. The number of amides is 1. The fourth-order valence-corrected chi connectivity index (χ4v) is 1.97. The SMILES string of the molecule is O=C(CCn1cncn1)NC(CCO)c1ccccc1. The second-order valence-corrected chi connectivity index (χ2v) is 4.45. The van der Waals surface area contributed by atoms with E-state index in [1.54, 1.807) is 11.0 Å². The summed E-state index contributed by atoms with van der Waals surface area (Å²) in [6.07, 6.45) is 3.85. The third kappa shape index (κ3) is 4.17. The van der Waals surface area contributed by atoms with Gasteiger partial charge >= 0.3 is 0 Å². The Labute approximate surface area is 117 Å². The molecule has 0 radical (unpaired) electrons. The van der Waals surface area contributed by atoms with Gasteiger partial charge in [-0.25, -0.2) is 4.98 Å². The van der Waals surface area contributed by atoms with Crippen molar-refractivity contribution < 1.29 is 9.90 Å². The number of aromatic nitrogens is 3. The third-order valence-electron chi connectivity index (χ3n) is 2.99. The molecule has 1 atom stereocenters. The van der Waals surface area contributed by atoms with Crippen LogP contribution in [-0.4, -0.2) is 32.4 Å². The van der Waals surface area contributed by atoms with Gasteiger partial charge in [0.15, 0.2) is 0 Å². The molecule has 0 aliphatic rings. The molecule has 1 heterocycles. The normalized spacial score (nSPS) is 12.1. The molecule has 20 heavy (non-hydrogen) atoms. The standard InChI is InChI=1S/C14H18N4O2/c19-9-7-13(12-4-2-1-3-5-12)17-14(20)6-8-18-11-15-10-16-18/h1-5,10-11,13,19H,6-9H2,(H,17,20). The highest BCUT2D eigenvalue weighted by molar-refractivity contribution is 5.76. The summed E-state index contributed by atoms with van der Waals surface area (Å²) in [4.78, 5) is 15.8. The number of carbonyl (C=O) groups excluding carboxylic acids is 1. The van der Waals surface area contributed by atoms with Crippen LogP contribution >= 0.6 is 0 Å². The molecule has 0 saturated carbocycles. The van der Waals surface area contributed by atoms with Gasteiger partial charge in [0.1, 0.15) is 12.7 Å². The van der Waals surface area contributed by atoms with E-state index < -0.39 is 0 Å². The molecule has 6 heteroatoms. The molecule has 0 bridgehead atoms. The van der Waals surface area contributed by atoms with Crippen LogP contribution in [0.4, 0.5) is 0 Å². The van der Waals surface area contributed by atoms with Crippen LogP contribution in [0.3, 0.4) is 0 Å². The van der Waals surface area contributed by atoms with Crippen molar-refractivity contribution in [3.63, 3.8) is 0 Å². The van der Waals surface area contributed by atoms with Gasteiger partial charge in [-0.05, 0) is 12.0 Å². The highest BCUT2D eigenvalue weighted by Gasteiger charge is 2.13. The van der Waals surface area contributed by atoms with Gasteiger partial charge in [0, 0.05) is 13.0 Å². The van der Waals surface area contributed by atoms with Gasteiger partial charge in [0.25, 0.3) is 0 Å². The van der Waals surface area contributed by atoms with Crippen LogP contribution in [0, 0.1) is 0 Å². The monoisotopic (exact) mass is 274 g/mol. The molecule has 2 rings (SSSR count). The summed E-state index contributed by atoms with van der Waals surface area (Å²) < 4.78 is 1.61. The Morgan fingerprint density at radius 2 is 2.15 bits per heavy atom. The molecule has 0 fully saturated rings. The summed E-state index contributed by atoms with van der Waals surface area (Å²) in [6.45, 7) is 0.523. The maximum atomic E-state index is 11.9. The van der Waals surface area contributed by atoms with E-state index in [1.807, 2.05) is 30.3 Å². The summed E-state index contributed by atoms with van der Waals surface area (Å²) in [5.41, 5.74) is 0.996. The Bertz CT molecular complexity index is 513. The highest BCUT2D eigenvalue weighted by Crippen LogP contribution is 2.16. The first-order chi connectivity index (χ1) is 9.79. The molecule has 106 valence electrons. The van der Waals surface area contributed by atoms with Crippen LogP contribution in [0.5, 0.6) is 0 Å². The van der Waals surface area contributed by atoms with E-state index in [0.717, 1.165) is 5.56 Å². The van der Waals surface area contributed by atoms with E-state index in [0.29, 0.717) is 19.4 Å². The van der Waals surface area contributed by atoms with Gasteiger partial charge in [-0.3, -0.25) is 9.48 Å². The Morgan fingerprint density at radius 1 is 1.35 bits per heavy atom. The van der Waals surface area contributed by atoms with Crippen LogP contribution in [0.1, 0.15) is 24.4 Å². The largest absolute Gasteiger partial charge is 0.396 e. The molecule has 0 aliphatic heterocycles. The number of nitrogens with one attached hydrogen (secondary N) is 1. The van der Waals surface area contributed by atoms with E-state index in [2.05, 4.69) is 15.4 Å². The topological polar surface area (TPSA) is 80.0 Å². The smallest absolute Gasteiger partial charge is 0.222 e. The molecule has 1 aromatic carbocycles. The van der Waals surface area contributed by atoms with E-state index in [1.165, 1.54) is 6.33 Å². The number of aryl methyl sites for hydroxylation is 1. The zero-order valence-corrected chi connectivity index (χ0v) is 11.1. The average molecular weight is 274 g/mol. The zero-order chi connectivity index (χ0) is 14.2. The lowest BCUT2D eigenvalue weighted by atomic mass is 10.0. The summed E-state index contributed by atoms with van der Waals surface area (Å²) in [5.74, 6) is -0.0668. The molecule has 1 amide bonds. The van der Waals surface area contributed by atoms with E-state index >= 15 is 0 Å². The van der Waals surface area contributed by atoms with E-state index in [4.69, 9.17) is 5.11 Å². The summed E-state index contributed by atoms with van der Waals surface area (Å²) in [7, 11) is 0. The van der Waals surface area contributed by atoms with Crippen LogP contribution < -0.4 is 5.32 Å². The van der Waals surface area contributed by atoms with Crippen molar-refractivity contribution in [3.8, 4) is 0 Å². The lowest BCUT2D eigenvalue weighted by molar-refractivity contribution is -0.122. The number of benzene rings is 1. The van der Waals surface area contributed by atoms with Gasteiger partial charge < -0.3 is 10.4 Å². The Hall–Kier alpha value is -2.21. The number of aliphatic hydroxyl groups is 1. The second-order valence-electron chi connectivity index (χ2n) is 4.45. The fourth-order valence-electron chi connectivity index (χ4n) is 1.97. The number of nitrogens with zero attached hydrogens (tertiary/aromatic N) is 3. The summed E-state index contributed by atoms with van der Waals surface area (Å²) >= 11 is 0. The molecule has 1 unspecified atom stereocenters. The van der Waals surface area contributed by atoms with Crippen molar-refractivity contribution in [2.45, 2.75) is 25.4 Å². The van der Waals surface area contributed by atoms with Gasteiger partial charge in [-0.1, -0.05) is 30.3 Å². The third-order valence-corrected chi connectivity index (χ3v) is 2.99. The van der Waals surface area contributed by atoms with Crippen molar-refractivity contribution in [2.24, 2.45) is 0 Å². The average Bonchev–Trinajstić information content (AvgIpc) is 2.99. The predicted molar refractivity (Wildman–Crippen MR) is 73.7 cm³/mol. The first-order valence-corrected chi connectivity index (χ1v) is 6.57. The van der Waals surface area contributed by atoms with Crippen molar-refractivity contribution in [3.05, 3.63) is 48.5 Å². The Balaban J connectivity index is 1.89. The van der Waals surface area contributed by atoms with Gasteiger partial charge in [-0.2, -0.15) is 5.10 Å². The van der Waals surface area contributed by atoms with E-state index in [9.17, 15) is 4.79 Å². The molecular weight excluding hydrogens is 256 g/mol. The molecular formula is C14H18N4O2. The number of hydrogen-bond acceptors (Lipinski definition) is 4. The maximum Gasteiger partial charge on any atom is 0.222 e. The minimum Gasteiger partial charge on any atom is -0.396 e. The van der Waals surface area contributed by atoms with Crippen LogP contribution in [0.2, 0.25) is 0 Å².